The molecule has 0 saturated carbocycles. The number of aromatic carboxylic acids is 1. The summed E-state index contributed by atoms with van der Waals surface area (Å²) in [5.41, 5.74) is 7.11. The molecule has 33 heavy (non-hydrogen) atoms. The average Bonchev–Trinajstić information content (AvgIpc) is 2.77. The van der Waals surface area contributed by atoms with Gasteiger partial charge in [-0.15, -0.1) is 0 Å². The highest BCUT2D eigenvalue weighted by molar-refractivity contribution is 9.10. The number of anilines is 1. The highest BCUT2D eigenvalue weighted by Crippen LogP contribution is 2.43. The maximum absolute atomic E-state index is 11.4. The molecule has 4 nitrogen and oxygen atoms in total. The summed E-state index contributed by atoms with van der Waals surface area (Å²) in [6.07, 6.45) is 3.48. The Morgan fingerprint density at radius 3 is 2.39 bits per heavy atom. The minimum atomic E-state index is -0.901. The zero-order valence-corrected chi connectivity index (χ0v) is 22.0. The van der Waals surface area contributed by atoms with E-state index in [9.17, 15) is 9.90 Å². The quantitative estimate of drug-likeness (QED) is 0.456. The van der Waals surface area contributed by atoms with E-state index >= 15 is 0 Å². The third kappa shape index (κ3) is 5.47. The number of carboxylic acid groups (broad SMARTS) is 1. The topological polar surface area (TPSA) is 43.8 Å². The lowest BCUT2D eigenvalue weighted by Crippen LogP contribution is -2.47. The van der Waals surface area contributed by atoms with Crippen molar-refractivity contribution in [1.82, 2.24) is 4.90 Å². The molecule has 0 spiro atoms. The van der Waals surface area contributed by atoms with Crippen molar-refractivity contribution in [3.8, 4) is 0 Å². The Morgan fingerprint density at radius 2 is 1.76 bits per heavy atom. The Hall–Kier alpha value is -1.82. The second-order valence-electron chi connectivity index (χ2n) is 10.1. The number of allylic oxidation sites excluding steroid dienone is 1. The van der Waals surface area contributed by atoms with Gasteiger partial charge in [0.15, 0.2) is 0 Å². The van der Waals surface area contributed by atoms with Crippen LogP contribution in [0.3, 0.4) is 0 Å². The van der Waals surface area contributed by atoms with E-state index in [1.54, 1.807) is 11.6 Å². The van der Waals surface area contributed by atoms with E-state index in [-0.39, 0.29) is 0 Å². The van der Waals surface area contributed by atoms with E-state index in [0.29, 0.717) is 15.5 Å². The van der Waals surface area contributed by atoms with Gasteiger partial charge in [0.25, 0.3) is 0 Å². The fourth-order valence-corrected chi connectivity index (χ4v) is 5.69. The minimum Gasteiger partial charge on any atom is -0.478 e. The summed E-state index contributed by atoms with van der Waals surface area (Å²) < 4.78 is 0.678. The van der Waals surface area contributed by atoms with E-state index in [1.807, 2.05) is 25.1 Å². The van der Waals surface area contributed by atoms with Crippen LogP contribution >= 0.6 is 27.5 Å². The molecule has 0 amide bonds. The first-order valence-electron chi connectivity index (χ1n) is 11.6. The maximum atomic E-state index is 11.4. The third-order valence-corrected chi connectivity index (χ3v) is 8.37. The van der Waals surface area contributed by atoms with E-state index in [0.717, 1.165) is 61.8 Å². The molecule has 2 aromatic rings. The molecule has 4 rings (SSSR count). The number of carboxylic acids is 1. The van der Waals surface area contributed by atoms with Gasteiger partial charge >= 0.3 is 5.97 Å². The lowest BCUT2D eigenvalue weighted by Gasteiger charge is -2.39. The Balaban J connectivity index is 1.48. The molecular weight excluding hydrogens is 500 g/mol. The number of nitrogens with zero attached hydrogens (tertiary/aromatic N) is 2. The number of hydrogen-bond acceptors (Lipinski definition) is 3. The molecule has 6 heteroatoms. The fourth-order valence-electron chi connectivity index (χ4n) is 5.06. The van der Waals surface area contributed by atoms with Crippen LogP contribution < -0.4 is 4.90 Å². The first kappa shape index (κ1) is 24.3. The Kier molecular flexibility index (Phi) is 7.23. The molecule has 0 radical (unpaired) electrons. The van der Waals surface area contributed by atoms with Gasteiger partial charge in [0.05, 0.1) is 5.56 Å². The van der Waals surface area contributed by atoms with Crippen LogP contribution in [0.15, 0.2) is 46.4 Å². The lowest BCUT2D eigenvalue weighted by molar-refractivity contribution is 0.0695. The summed E-state index contributed by atoms with van der Waals surface area (Å²) in [6, 6.07) is 12.0. The van der Waals surface area contributed by atoms with Crippen LogP contribution in [0.4, 0.5) is 5.69 Å². The van der Waals surface area contributed by atoms with Crippen LogP contribution in [0.5, 0.6) is 0 Å². The van der Waals surface area contributed by atoms with Gasteiger partial charge in [-0.2, -0.15) is 0 Å². The second kappa shape index (κ2) is 9.81. The normalized spacial score (nSPS) is 19.1. The van der Waals surface area contributed by atoms with Gasteiger partial charge in [0, 0.05) is 47.9 Å². The first-order valence-corrected chi connectivity index (χ1v) is 12.8. The summed E-state index contributed by atoms with van der Waals surface area (Å²) in [6.45, 7) is 11.6. The molecule has 1 heterocycles. The summed E-state index contributed by atoms with van der Waals surface area (Å²) in [5.74, 6) is -0.901. The predicted molar refractivity (Wildman–Crippen MR) is 140 cm³/mol. The molecule has 2 aliphatic rings. The van der Waals surface area contributed by atoms with Gasteiger partial charge in [0.2, 0.25) is 0 Å². The van der Waals surface area contributed by atoms with Crippen molar-refractivity contribution in [2.75, 3.05) is 37.6 Å². The Bertz CT molecular complexity index is 1070. The zero-order chi connectivity index (χ0) is 23.8. The van der Waals surface area contributed by atoms with E-state index in [2.05, 4.69) is 51.7 Å². The average molecular weight is 532 g/mol. The minimum absolute atomic E-state index is 0.316. The van der Waals surface area contributed by atoms with Crippen LogP contribution in [0, 0.1) is 12.3 Å². The number of halogens is 2. The van der Waals surface area contributed by atoms with Crippen LogP contribution in [-0.4, -0.2) is 48.7 Å². The monoisotopic (exact) mass is 530 g/mol. The summed E-state index contributed by atoms with van der Waals surface area (Å²) in [7, 11) is 0. The molecule has 2 aromatic carbocycles. The molecule has 0 bridgehead atoms. The summed E-state index contributed by atoms with van der Waals surface area (Å²) >= 11 is 9.63. The van der Waals surface area contributed by atoms with Gasteiger partial charge in [-0.3, -0.25) is 4.90 Å². The number of benzene rings is 2. The van der Waals surface area contributed by atoms with Crippen LogP contribution in [-0.2, 0) is 0 Å². The molecule has 1 saturated heterocycles. The highest BCUT2D eigenvalue weighted by Gasteiger charge is 2.29. The standard InChI is InChI=1S/C27H32BrClN2O2/c1-18-24(9-8-22(25(18)28)26(32)33)31-14-12-30(13-15-31)17-20-10-11-27(2,3)16-23(20)19-4-6-21(29)7-5-19/h4-9H,10-17H2,1-3H3,(H,32,33). The van der Waals surface area contributed by atoms with E-state index in [1.165, 1.54) is 17.6 Å². The molecule has 1 N–H and O–H groups in total. The van der Waals surface area contributed by atoms with Gasteiger partial charge in [-0.1, -0.05) is 43.2 Å². The Labute approximate surface area is 210 Å². The Morgan fingerprint density at radius 1 is 1.09 bits per heavy atom. The molecule has 0 aromatic heterocycles. The SMILES string of the molecule is Cc1c(N2CCN(CC3=C(c4ccc(Cl)cc4)CC(C)(C)CC3)CC2)ccc(C(=O)O)c1Br. The molecule has 1 aliphatic carbocycles. The largest absolute Gasteiger partial charge is 0.478 e. The van der Waals surface area contributed by atoms with Crippen molar-refractivity contribution in [1.29, 1.82) is 0 Å². The molecule has 1 aliphatic heterocycles. The summed E-state index contributed by atoms with van der Waals surface area (Å²) in [4.78, 5) is 16.4. The number of piperazine rings is 1. The smallest absolute Gasteiger partial charge is 0.336 e. The van der Waals surface area contributed by atoms with Crippen molar-refractivity contribution >= 4 is 44.8 Å². The number of rotatable bonds is 5. The number of carbonyl (C=O) groups is 1. The number of hydrogen-bond donors (Lipinski definition) is 1. The molecule has 176 valence electrons. The molecular formula is C27H32BrClN2O2. The predicted octanol–water partition coefficient (Wildman–Crippen LogP) is 6.90. The van der Waals surface area contributed by atoms with Gasteiger partial charge in [-0.25, -0.2) is 4.79 Å². The maximum Gasteiger partial charge on any atom is 0.336 e. The van der Waals surface area contributed by atoms with Crippen molar-refractivity contribution in [3.63, 3.8) is 0 Å². The van der Waals surface area contributed by atoms with E-state index in [4.69, 9.17) is 11.6 Å². The van der Waals surface area contributed by atoms with Crippen molar-refractivity contribution < 1.29 is 9.90 Å². The lowest BCUT2D eigenvalue weighted by atomic mass is 9.72. The molecule has 0 unspecified atom stereocenters. The van der Waals surface area contributed by atoms with Gasteiger partial charge in [0.1, 0.15) is 0 Å². The summed E-state index contributed by atoms with van der Waals surface area (Å²) in [5, 5.41) is 10.2. The fraction of sp³-hybridized carbons (Fsp3) is 0.444. The second-order valence-corrected chi connectivity index (χ2v) is 11.3. The van der Waals surface area contributed by atoms with Crippen molar-refractivity contribution in [2.45, 2.75) is 40.0 Å². The van der Waals surface area contributed by atoms with Gasteiger partial charge in [-0.05, 0) is 88.5 Å². The third-order valence-electron chi connectivity index (χ3n) is 7.09. The first-order chi connectivity index (χ1) is 15.6. The van der Waals surface area contributed by atoms with Crippen LogP contribution in [0.25, 0.3) is 5.57 Å². The van der Waals surface area contributed by atoms with Gasteiger partial charge < -0.3 is 10.0 Å². The molecule has 1 fully saturated rings. The van der Waals surface area contributed by atoms with Crippen molar-refractivity contribution in [3.05, 3.63) is 68.2 Å². The van der Waals surface area contributed by atoms with E-state index < -0.39 is 5.97 Å². The zero-order valence-electron chi connectivity index (χ0n) is 19.6. The van der Waals surface area contributed by atoms with Crippen LogP contribution in [0.1, 0.15) is 54.6 Å². The molecule has 0 atom stereocenters. The van der Waals surface area contributed by atoms with Crippen molar-refractivity contribution in [2.24, 2.45) is 5.41 Å². The van der Waals surface area contributed by atoms with Crippen LogP contribution in [0.2, 0.25) is 5.02 Å². The highest BCUT2D eigenvalue weighted by atomic mass is 79.9.